The molecule has 4 rings (SSSR count). The first-order chi connectivity index (χ1) is 15.2. The molecular formula is C24H23N5OS. The van der Waals surface area contributed by atoms with Crippen molar-refractivity contribution < 1.29 is 4.79 Å². The number of hydrogen-bond acceptors (Lipinski definition) is 5. The maximum Gasteiger partial charge on any atom is 0.230 e. The van der Waals surface area contributed by atoms with Crippen molar-refractivity contribution in [2.45, 2.75) is 25.2 Å². The highest BCUT2D eigenvalue weighted by atomic mass is 32.2. The van der Waals surface area contributed by atoms with Crippen LogP contribution in [-0.4, -0.2) is 31.4 Å². The fraction of sp³-hybridized carbons (Fsp3) is 0.167. The first-order valence-electron chi connectivity index (χ1n) is 10.0. The molecule has 2 aromatic heterocycles. The summed E-state index contributed by atoms with van der Waals surface area (Å²) in [5.41, 5.74) is 4.31. The molecule has 156 valence electrons. The lowest BCUT2D eigenvalue weighted by Crippen LogP contribution is -2.25. The molecule has 0 bridgehead atoms. The molecule has 0 atom stereocenters. The normalized spacial score (nSPS) is 10.7. The number of carbonyl (C=O) groups excluding carboxylic acids is 1. The Morgan fingerprint density at radius 2 is 1.81 bits per heavy atom. The van der Waals surface area contributed by atoms with Crippen molar-refractivity contribution in [3.05, 3.63) is 95.8 Å². The standard InChI is InChI=1S/C24H23N5OS/c1-18-8-5-6-11-20(18)15-26-22(30)17-31-24-28-27-23(21-12-7-13-25-14-21)29(24)16-19-9-3-2-4-10-19/h2-14H,15-17H2,1H3,(H,26,30). The van der Waals surface area contributed by atoms with Gasteiger partial charge in [0.25, 0.3) is 0 Å². The number of rotatable bonds is 8. The summed E-state index contributed by atoms with van der Waals surface area (Å²) in [4.78, 5) is 16.6. The maximum absolute atomic E-state index is 12.4. The summed E-state index contributed by atoms with van der Waals surface area (Å²) < 4.78 is 2.03. The van der Waals surface area contributed by atoms with E-state index in [1.165, 1.54) is 17.3 Å². The Bertz CT molecular complexity index is 1150. The molecule has 1 N–H and O–H groups in total. The molecule has 0 fully saturated rings. The number of nitrogens with one attached hydrogen (secondary N) is 1. The lowest BCUT2D eigenvalue weighted by molar-refractivity contribution is -0.118. The Hall–Kier alpha value is -3.45. The van der Waals surface area contributed by atoms with Gasteiger partial charge in [0.2, 0.25) is 5.91 Å². The van der Waals surface area contributed by atoms with Crippen molar-refractivity contribution in [1.82, 2.24) is 25.1 Å². The average Bonchev–Trinajstić information content (AvgIpc) is 3.20. The molecular weight excluding hydrogens is 406 g/mol. The molecule has 0 unspecified atom stereocenters. The van der Waals surface area contributed by atoms with E-state index in [1.807, 2.05) is 66.1 Å². The van der Waals surface area contributed by atoms with E-state index >= 15 is 0 Å². The summed E-state index contributed by atoms with van der Waals surface area (Å²) in [7, 11) is 0. The van der Waals surface area contributed by atoms with Crippen LogP contribution >= 0.6 is 11.8 Å². The van der Waals surface area contributed by atoms with Crippen LogP contribution in [0.1, 0.15) is 16.7 Å². The molecule has 2 heterocycles. The average molecular weight is 430 g/mol. The summed E-state index contributed by atoms with van der Waals surface area (Å²) >= 11 is 1.39. The minimum absolute atomic E-state index is 0.0366. The van der Waals surface area contributed by atoms with Crippen molar-refractivity contribution in [3.8, 4) is 11.4 Å². The van der Waals surface area contributed by atoms with Gasteiger partial charge in [-0.1, -0.05) is 66.4 Å². The van der Waals surface area contributed by atoms with Gasteiger partial charge in [0.05, 0.1) is 12.3 Å². The Morgan fingerprint density at radius 1 is 1.00 bits per heavy atom. The molecule has 4 aromatic rings. The van der Waals surface area contributed by atoms with Gasteiger partial charge in [-0.3, -0.25) is 14.3 Å². The van der Waals surface area contributed by atoms with E-state index in [1.54, 1.807) is 12.4 Å². The number of amides is 1. The largest absolute Gasteiger partial charge is 0.351 e. The highest BCUT2D eigenvalue weighted by Gasteiger charge is 2.16. The van der Waals surface area contributed by atoms with Gasteiger partial charge in [0, 0.05) is 24.5 Å². The van der Waals surface area contributed by atoms with E-state index in [0.717, 1.165) is 22.5 Å². The van der Waals surface area contributed by atoms with Crippen molar-refractivity contribution in [2.24, 2.45) is 0 Å². The van der Waals surface area contributed by atoms with Gasteiger partial charge in [0.15, 0.2) is 11.0 Å². The molecule has 0 radical (unpaired) electrons. The van der Waals surface area contributed by atoms with Gasteiger partial charge in [-0.15, -0.1) is 10.2 Å². The van der Waals surface area contributed by atoms with E-state index in [0.29, 0.717) is 18.2 Å². The summed E-state index contributed by atoms with van der Waals surface area (Å²) in [6, 6.07) is 22.0. The lowest BCUT2D eigenvalue weighted by Gasteiger charge is -2.11. The van der Waals surface area contributed by atoms with E-state index in [9.17, 15) is 4.79 Å². The number of aromatic nitrogens is 4. The van der Waals surface area contributed by atoms with Crippen LogP contribution in [0.3, 0.4) is 0 Å². The molecule has 31 heavy (non-hydrogen) atoms. The van der Waals surface area contributed by atoms with Crippen LogP contribution in [0, 0.1) is 6.92 Å². The Kier molecular flexibility index (Phi) is 6.74. The fourth-order valence-electron chi connectivity index (χ4n) is 3.20. The van der Waals surface area contributed by atoms with Crippen molar-refractivity contribution in [2.75, 3.05) is 5.75 Å². The van der Waals surface area contributed by atoms with Gasteiger partial charge < -0.3 is 5.32 Å². The van der Waals surface area contributed by atoms with Gasteiger partial charge in [-0.05, 0) is 35.7 Å². The summed E-state index contributed by atoms with van der Waals surface area (Å²) in [5.74, 6) is 0.969. The second-order valence-corrected chi connectivity index (χ2v) is 8.05. The Labute approximate surface area is 185 Å². The number of carbonyl (C=O) groups is 1. The highest BCUT2D eigenvalue weighted by molar-refractivity contribution is 7.99. The number of pyridine rings is 1. The van der Waals surface area contributed by atoms with Crippen LogP contribution in [0.4, 0.5) is 0 Å². The van der Waals surface area contributed by atoms with Crippen molar-refractivity contribution in [1.29, 1.82) is 0 Å². The topological polar surface area (TPSA) is 72.7 Å². The molecule has 0 spiro atoms. The molecule has 0 aliphatic heterocycles. The first kappa shape index (κ1) is 20.8. The second kappa shape index (κ2) is 10.0. The zero-order valence-electron chi connectivity index (χ0n) is 17.2. The van der Waals surface area contributed by atoms with Crippen LogP contribution in [-0.2, 0) is 17.9 Å². The van der Waals surface area contributed by atoms with E-state index in [2.05, 4.69) is 32.6 Å². The van der Waals surface area contributed by atoms with Crippen LogP contribution in [0.15, 0.2) is 84.3 Å². The van der Waals surface area contributed by atoms with Gasteiger partial charge >= 0.3 is 0 Å². The van der Waals surface area contributed by atoms with Gasteiger partial charge in [0.1, 0.15) is 0 Å². The van der Waals surface area contributed by atoms with E-state index < -0.39 is 0 Å². The number of aryl methyl sites for hydroxylation is 1. The number of nitrogens with zero attached hydrogens (tertiary/aromatic N) is 4. The quantitative estimate of drug-likeness (QED) is 0.427. The third-order valence-electron chi connectivity index (χ3n) is 4.89. The monoisotopic (exact) mass is 429 g/mol. The highest BCUT2D eigenvalue weighted by Crippen LogP contribution is 2.24. The third-order valence-corrected chi connectivity index (χ3v) is 5.86. The smallest absolute Gasteiger partial charge is 0.230 e. The third kappa shape index (κ3) is 5.38. The zero-order chi connectivity index (χ0) is 21.5. The number of thioether (sulfide) groups is 1. The minimum Gasteiger partial charge on any atom is -0.351 e. The van der Waals surface area contributed by atoms with Gasteiger partial charge in [-0.2, -0.15) is 0 Å². The van der Waals surface area contributed by atoms with Crippen LogP contribution in [0.2, 0.25) is 0 Å². The lowest BCUT2D eigenvalue weighted by atomic mass is 10.1. The molecule has 0 saturated carbocycles. The van der Waals surface area contributed by atoms with Crippen molar-refractivity contribution >= 4 is 17.7 Å². The summed E-state index contributed by atoms with van der Waals surface area (Å²) in [5, 5.41) is 12.4. The second-order valence-electron chi connectivity index (χ2n) is 7.11. The van der Waals surface area contributed by atoms with Gasteiger partial charge in [-0.25, -0.2) is 0 Å². The molecule has 1 amide bonds. The zero-order valence-corrected chi connectivity index (χ0v) is 18.0. The molecule has 0 aliphatic rings. The fourth-order valence-corrected chi connectivity index (χ4v) is 3.96. The summed E-state index contributed by atoms with van der Waals surface area (Å²) in [6.45, 7) is 3.18. The molecule has 7 heteroatoms. The first-order valence-corrected chi connectivity index (χ1v) is 11.0. The Balaban J connectivity index is 1.48. The van der Waals surface area contributed by atoms with Crippen LogP contribution < -0.4 is 5.32 Å². The van der Waals surface area contributed by atoms with Crippen molar-refractivity contribution in [3.63, 3.8) is 0 Å². The maximum atomic E-state index is 12.4. The molecule has 0 saturated heterocycles. The molecule has 6 nitrogen and oxygen atoms in total. The van der Waals surface area contributed by atoms with Crippen LogP contribution in [0.5, 0.6) is 0 Å². The van der Waals surface area contributed by atoms with E-state index in [-0.39, 0.29) is 11.7 Å². The predicted molar refractivity (Wildman–Crippen MR) is 123 cm³/mol. The number of benzene rings is 2. The molecule has 0 aliphatic carbocycles. The predicted octanol–water partition coefficient (Wildman–Crippen LogP) is 4.11. The van der Waals surface area contributed by atoms with Crippen LogP contribution in [0.25, 0.3) is 11.4 Å². The summed E-state index contributed by atoms with van der Waals surface area (Å²) in [6.07, 6.45) is 3.50. The Morgan fingerprint density at radius 3 is 2.58 bits per heavy atom. The number of hydrogen-bond donors (Lipinski definition) is 1. The minimum atomic E-state index is -0.0366. The SMILES string of the molecule is Cc1ccccc1CNC(=O)CSc1nnc(-c2cccnc2)n1Cc1ccccc1. The van der Waals surface area contributed by atoms with E-state index in [4.69, 9.17) is 0 Å². The molecule has 2 aromatic carbocycles.